The number of amides is 2. The zero-order valence-electron chi connectivity index (χ0n) is 15.1. The summed E-state index contributed by atoms with van der Waals surface area (Å²) in [5, 5.41) is 8.48. The number of hydrazone groups is 1. The molecule has 0 unspecified atom stereocenters. The minimum atomic E-state index is -0.307. The molecule has 1 aliphatic rings. The average molecular weight is 351 g/mol. The number of anilines is 2. The highest BCUT2D eigenvalue weighted by Crippen LogP contribution is 2.25. The van der Waals surface area contributed by atoms with Gasteiger partial charge in [0.25, 0.3) is 5.91 Å². The number of methoxy groups -OCH3 is 1. The number of nitrogens with zero attached hydrogens (tertiary/aromatic N) is 2. The molecule has 2 amide bonds. The van der Waals surface area contributed by atoms with Crippen LogP contribution in [0, 0.1) is 13.8 Å². The largest absolute Gasteiger partial charge is 0.497 e. The lowest BCUT2D eigenvalue weighted by Gasteiger charge is -2.24. The van der Waals surface area contributed by atoms with Crippen molar-refractivity contribution in [2.45, 2.75) is 26.7 Å². The molecule has 0 radical (unpaired) electrons. The second kappa shape index (κ2) is 7.39. The smallest absolute Gasteiger partial charge is 0.271 e. The molecule has 0 aliphatic carbocycles. The fourth-order valence-electron chi connectivity index (χ4n) is 2.73. The zero-order valence-corrected chi connectivity index (χ0v) is 15.1. The second-order valence-electron chi connectivity index (χ2n) is 6.22. The van der Waals surface area contributed by atoms with Gasteiger partial charge in [0.15, 0.2) is 0 Å². The highest BCUT2D eigenvalue weighted by atomic mass is 16.5. The molecule has 3 rings (SSSR count). The quantitative estimate of drug-likeness (QED) is 0.917. The van der Waals surface area contributed by atoms with Crippen LogP contribution in [0.3, 0.4) is 0 Å². The maximum Gasteiger partial charge on any atom is 0.271 e. The maximum atomic E-state index is 12.5. The molecule has 1 heterocycles. The van der Waals surface area contributed by atoms with Crippen molar-refractivity contribution in [1.29, 1.82) is 0 Å². The fraction of sp³-hybridized carbons (Fsp3) is 0.250. The third kappa shape index (κ3) is 3.74. The van der Waals surface area contributed by atoms with Crippen LogP contribution in [0.5, 0.6) is 5.75 Å². The standard InChI is InChI=1S/C20H21N3O3/c1-13-4-5-14(2)18(12-13)23-19(24)11-10-17(22-23)20(25)21-15-6-8-16(26-3)9-7-15/h4-9,12H,10-11H2,1-3H3,(H,21,25). The Labute approximate surface area is 152 Å². The van der Waals surface area contributed by atoms with Gasteiger partial charge in [0.1, 0.15) is 11.5 Å². The van der Waals surface area contributed by atoms with E-state index in [1.807, 2.05) is 32.0 Å². The zero-order chi connectivity index (χ0) is 18.7. The number of ether oxygens (including phenoxy) is 1. The van der Waals surface area contributed by atoms with Gasteiger partial charge >= 0.3 is 0 Å². The highest BCUT2D eigenvalue weighted by molar-refractivity contribution is 6.44. The fourth-order valence-corrected chi connectivity index (χ4v) is 2.73. The number of aryl methyl sites for hydroxylation is 2. The molecule has 2 aromatic rings. The Bertz CT molecular complexity index is 872. The van der Waals surface area contributed by atoms with Crippen molar-refractivity contribution in [3.8, 4) is 5.75 Å². The molecule has 1 aliphatic heterocycles. The van der Waals surface area contributed by atoms with E-state index in [9.17, 15) is 9.59 Å². The molecular weight excluding hydrogens is 330 g/mol. The number of carbonyl (C=O) groups is 2. The van der Waals surface area contributed by atoms with Gasteiger partial charge in [-0.05, 0) is 55.3 Å². The summed E-state index contributed by atoms with van der Waals surface area (Å²) in [6.45, 7) is 3.88. The van der Waals surface area contributed by atoms with E-state index >= 15 is 0 Å². The molecule has 0 fully saturated rings. The molecule has 0 atom stereocenters. The van der Waals surface area contributed by atoms with Gasteiger partial charge in [-0.2, -0.15) is 5.10 Å². The van der Waals surface area contributed by atoms with Gasteiger partial charge in [0.2, 0.25) is 5.91 Å². The molecule has 1 N–H and O–H groups in total. The van der Waals surface area contributed by atoms with E-state index in [0.29, 0.717) is 29.3 Å². The minimum Gasteiger partial charge on any atom is -0.497 e. The summed E-state index contributed by atoms with van der Waals surface area (Å²) in [5.41, 5.74) is 3.66. The molecular formula is C20H21N3O3. The first-order valence-electron chi connectivity index (χ1n) is 8.41. The summed E-state index contributed by atoms with van der Waals surface area (Å²) in [5.74, 6) is 0.294. The van der Waals surface area contributed by atoms with Crippen LogP contribution < -0.4 is 15.1 Å². The summed E-state index contributed by atoms with van der Waals surface area (Å²) < 4.78 is 5.11. The monoisotopic (exact) mass is 351 g/mol. The predicted octanol–water partition coefficient (Wildman–Crippen LogP) is 3.43. The third-order valence-electron chi connectivity index (χ3n) is 4.24. The molecule has 26 heavy (non-hydrogen) atoms. The number of nitrogens with one attached hydrogen (secondary N) is 1. The Morgan fingerprint density at radius 1 is 1.12 bits per heavy atom. The van der Waals surface area contributed by atoms with Gasteiger partial charge < -0.3 is 10.1 Å². The molecule has 0 spiro atoms. The van der Waals surface area contributed by atoms with E-state index in [1.165, 1.54) is 5.01 Å². The number of hydrogen-bond donors (Lipinski definition) is 1. The van der Waals surface area contributed by atoms with Crippen molar-refractivity contribution < 1.29 is 14.3 Å². The molecule has 6 nitrogen and oxygen atoms in total. The summed E-state index contributed by atoms with van der Waals surface area (Å²) in [6, 6.07) is 12.9. The summed E-state index contributed by atoms with van der Waals surface area (Å²) in [4.78, 5) is 24.9. The SMILES string of the molecule is COc1ccc(NC(=O)C2=NN(c3cc(C)ccc3C)C(=O)CC2)cc1. The van der Waals surface area contributed by atoms with Crippen LogP contribution in [0.15, 0.2) is 47.6 Å². The lowest BCUT2D eigenvalue weighted by molar-refractivity contribution is -0.118. The van der Waals surface area contributed by atoms with Crippen LogP contribution in [0.25, 0.3) is 0 Å². The number of hydrogen-bond acceptors (Lipinski definition) is 4. The van der Waals surface area contributed by atoms with Crippen LogP contribution in [-0.2, 0) is 9.59 Å². The van der Waals surface area contributed by atoms with Crippen molar-refractivity contribution in [3.63, 3.8) is 0 Å². The summed E-state index contributed by atoms with van der Waals surface area (Å²) >= 11 is 0. The molecule has 0 saturated carbocycles. The molecule has 6 heteroatoms. The number of rotatable bonds is 4. The maximum absolute atomic E-state index is 12.5. The van der Waals surface area contributed by atoms with E-state index in [2.05, 4.69) is 10.4 Å². The molecule has 134 valence electrons. The Morgan fingerprint density at radius 2 is 1.85 bits per heavy atom. The summed E-state index contributed by atoms with van der Waals surface area (Å²) in [6.07, 6.45) is 0.574. The van der Waals surface area contributed by atoms with Gasteiger partial charge in [-0.25, -0.2) is 5.01 Å². The van der Waals surface area contributed by atoms with Crippen LogP contribution in [-0.4, -0.2) is 24.6 Å². The van der Waals surface area contributed by atoms with Crippen LogP contribution in [0.2, 0.25) is 0 Å². The van der Waals surface area contributed by atoms with Gasteiger partial charge in [-0.3, -0.25) is 9.59 Å². The van der Waals surface area contributed by atoms with E-state index in [4.69, 9.17) is 4.74 Å². The summed E-state index contributed by atoms with van der Waals surface area (Å²) in [7, 11) is 1.59. The van der Waals surface area contributed by atoms with E-state index in [-0.39, 0.29) is 18.2 Å². The van der Waals surface area contributed by atoms with Crippen molar-refractivity contribution in [2.75, 3.05) is 17.4 Å². The first-order chi connectivity index (χ1) is 12.5. The Morgan fingerprint density at radius 3 is 2.54 bits per heavy atom. The third-order valence-corrected chi connectivity index (χ3v) is 4.24. The van der Waals surface area contributed by atoms with E-state index < -0.39 is 0 Å². The topological polar surface area (TPSA) is 71.0 Å². The molecule has 0 bridgehead atoms. The Hall–Kier alpha value is -3.15. The van der Waals surface area contributed by atoms with Crippen LogP contribution in [0.1, 0.15) is 24.0 Å². The van der Waals surface area contributed by atoms with Gasteiger partial charge in [0, 0.05) is 18.5 Å². The Balaban J connectivity index is 1.83. The first-order valence-corrected chi connectivity index (χ1v) is 8.41. The molecule has 0 aromatic heterocycles. The van der Waals surface area contributed by atoms with E-state index in [0.717, 1.165) is 11.1 Å². The first kappa shape index (κ1) is 17.7. The minimum absolute atomic E-state index is 0.111. The molecule has 2 aromatic carbocycles. The average Bonchev–Trinajstić information content (AvgIpc) is 2.65. The molecule has 0 saturated heterocycles. The second-order valence-corrected chi connectivity index (χ2v) is 6.22. The Kier molecular flexibility index (Phi) is 5.02. The van der Waals surface area contributed by atoms with Crippen molar-refractivity contribution >= 4 is 28.9 Å². The highest BCUT2D eigenvalue weighted by Gasteiger charge is 2.26. The van der Waals surface area contributed by atoms with Crippen molar-refractivity contribution in [2.24, 2.45) is 5.10 Å². The lowest BCUT2D eigenvalue weighted by atomic mass is 10.1. The van der Waals surface area contributed by atoms with Gasteiger partial charge in [-0.15, -0.1) is 0 Å². The lowest BCUT2D eigenvalue weighted by Crippen LogP contribution is -2.36. The van der Waals surface area contributed by atoms with Crippen LogP contribution >= 0.6 is 0 Å². The van der Waals surface area contributed by atoms with Gasteiger partial charge in [-0.1, -0.05) is 12.1 Å². The van der Waals surface area contributed by atoms with Gasteiger partial charge in [0.05, 0.1) is 12.8 Å². The van der Waals surface area contributed by atoms with E-state index in [1.54, 1.807) is 31.4 Å². The van der Waals surface area contributed by atoms with Crippen molar-refractivity contribution in [1.82, 2.24) is 0 Å². The number of benzene rings is 2. The number of carbonyl (C=O) groups excluding carboxylic acids is 2. The predicted molar refractivity (Wildman–Crippen MR) is 102 cm³/mol. The van der Waals surface area contributed by atoms with Crippen LogP contribution in [0.4, 0.5) is 11.4 Å². The van der Waals surface area contributed by atoms with Crippen molar-refractivity contribution in [3.05, 3.63) is 53.6 Å². The normalized spacial score (nSPS) is 14.0.